The van der Waals surface area contributed by atoms with Crippen LogP contribution < -0.4 is 5.32 Å². The maximum Gasteiger partial charge on any atom is 0.318 e. The van der Waals surface area contributed by atoms with Crippen LogP contribution in [0.5, 0.6) is 0 Å². The van der Waals surface area contributed by atoms with Crippen LogP contribution in [0.2, 0.25) is 0 Å². The number of amides is 2. The summed E-state index contributed by atoms with van der Waals surface area (Å²) in [7, 11) is 0. The first-order valence-corrected chi connectivity index (χ1v) is 7.71. The molecule has 1 atom stereocenters. The zero-order chi connectivity index (χ0) is 15.5. The molecule has 0 saturated heterocycles. The van der Waals surface area contributed by atoms with Gasteiger partial charge in [0.1, 0.15) is 11.5 Å². The van der Waals surface area contributed by atoms with Crippen molar-refractivity contribution >= 4 is 6.03 Å². The van der Waals surface area contributed by atoms with Gasteiger partial charge in [0.05, 0.1) is 13.1 Å². The van der Waals surface area contributed by atoms with Crippen LogP contribution in [-0.4, -0.2) is 32.8 Å². The van der Waals surface area contributed by atoms with Crippen LogP contribution in [0.3, 0.4) is 0 Å². The summed E-state index contributed by atoms with van der Waals surface area (Å²) in [6, 6.07) is 6.07. The minimum atomic E-state index is -0.0313. The third-order valence-corrected chi connectivity index (χ3v) is 3.76. The maximum atomic E-state index is 12.5. The number of nitrogens with zero attached hydrogens (tertiary/aromatic N) is 3. The zero-order valence-electron chi connectivity index (χ0n) is 13.0. The molecule has 0 aliphatic heterocycles. The summed E-state index contributed by atoms with van der Waals surface area (Å²) in [5.74, 6) is 1.71. The number of rotatable bonds is 6. The molecule has 2 amide bonds. The number of carbonyl (C=O) groups is 1. The third-order valence-electron chi connectivity index (χ3n) is 3.76. The lowest BCUT2D eigenvalue weighted by Crippen LogP contribution is -2.45. The Morgan fingerprint density at radius 1 is 1.55 bits per heavy atom. The number of carbonyl (C=O) groups excluding carboxylic acids is 1. The molecule has 1 aliphatic carbocycles. The topological polar surface area (TPSA) is 63.3 Å². The number of aromatic nitrogens is 2. The fourth-order valence-electron chi connectivity index (χ4n) is 2.52. The summed E-state index contributed by atoms with van der Waals surface area (Å²) >= 11 is 0. The van der Waals surface area contributed by atoms with Gasteiger partial charge in [0, 0.05) is 24.5 Å². The van der Waals surface area contributed by atoms with E-state index in [1.165, 1.54) is 0 Å². The monoisotopic (exact) mass is 302 g/mol. The molecule has 1 N–H and O–H groups in total. The Morgan fingerprint density at radius 3 is 2.95 bits per heavy atom. The number of nitrogens with one attached hydrogen (secondary N) is 1. The van der Waals surface area contributed by atoms with E-state index in [1.807, 2.05) is 47.8 Å². The summed E-state index contributed by atoms with van der Waals surface area (Å²) < 4.78 is 7.42. The molecule has 1 unspecified atom stereocenters. The Bertz CT molecular complexity index is 616. The van der Waals surface area contributed by atoms with Gasteiger partial charge in [-0.05, 0) is 44.9 Å². The number of hydrogen-bond acceptors (Lipinski definition) is 3. The van der Waals surface area contributed by atoms with Crippen molar-refractivity contribution in [1.82, 2.24) is 20.0 Å². The first-order valence-electron chi connectivity index (χ1n) is 7.71. The highest BCUT2D eigenvalue weighted by atomic mass is 16.3. The number of aryl methyl sites for hydroxylation is 1. The van der Waals surface area contributed by atoms with E-state index < -0.39 is 0 Å². The highest BCUT2D eigenvalue weighted by molar-refractivity contribution is 5.75. The molecule has 2 heterocycles. The minimum absolute atomic E-state index is 0.0204. The second-order valence-electron chi connectivity index (χ2n) is 5.95. The van der Waals surface area contributed by atoms with Crippen LogP contribution in [0.4, 0.5) is 4.79 Å². The normalized spacial score (nSPS) is 15.5. The van der Waals surface area contributed by atoms with E-state index in [0.29, 0.717) is 19.1 Å². The van der Waals surface area contributed by atoms with Gasteiger partial charge < -0.3 is 14.6 Å². The molecule has 0 bridgehead atoms. The van der Waals surface area contributed by atoms with Gasteiger partial charge in [0.15, 0.2) is 0 Å². The van der Waals surface area contributed by atoms with Gasteiger partial charge in [-0.1, -0.05) is 0 Å². The summed E-state index contributed by atoms with van der Waals surface area (Å²) in [5.41, 5.74) is 0. The van der Waals surface area contributed by atoms with Crippen LogP contribution in [0.15, 0.2) is 35.0 Å². The van der Waals surface area contributed by atoms with Crippen molar-refractivity contribution in [2.24, 2.45) is 0 Å². The molecule has 6 heteroatoms. The van der Waals surface area contributed by atoms with Gasteiger partial charge in [0.25, 0.3) is 0 Å². The lowest BCUT2D eigenvalue weighted by Gasteiger charge is -2.24. The quantitative estimate of drug-likeness (QED) is 0.892. The average Bonchev–Trinajstić information content (AvgIpc) is 3.02. The van der Waals surface area contributed by atoms with E-state index >= 15 is 0 Å². The molecule has 1 aliphatic rings. The summed E-state index contributed by atoms with van der Waals surface area (Å²) in [4.78, 5) is 14.4. The maximum absolute atomic E-state index is 12.5. The molecule has 2 aromatic heterocycles. The Morgan fingerprint density at radius 2 is 2.36 bits per heavy atom. The number of urea groups is 1. The van der Waals surface area contributed by atoms with Crippen LogP contribution in [0.1, 0.15) is 31.3 Å². The standard InChI is InChI=1S/C16H22N4O2/c1-12(10-19-9-3-8-17-19)18-16(21)20(14-5-6-14)11-15-7-4-13(2)22-15/h3-4,7-9,12,14H,5-6,10-11H2,1-2H3,(H,18,21). The van der Waals surface area contributed by atoms with Crippen molar-refractivity contribution in [3.63, 3.8) is 0 Å². The molecule has 0 radical (unpaired) electrons. The van der Waals surface area contributed by atoms with Crippen molar-refractivity contribution in [1.29, 1.82) is 0 Å². The lowest BCUT2D eigenvalue weighted by molar-refractivity contribution is 0.182. The van der Waals surface area contributed by atoms with Crippen molar-refractivity contribution < 1.29 is 9.21 Å². The predicted molar refractivity (Wildman–Crippen MR) is 82.2 cm³/mol. The minimum Gasteiger partial charge on any atom is -0.464 e. The van der Waals surface area contributed by atoms with Gasteiger partial charge in [-0.2, -0.15) is 5.10 Å². The molecule has 3 rings (SSSR count). The van der Waals surface area contributed by atoms with E-state index in [9.17, 15) is 4.79 Å². The smallest absolute Gasteiger partial charge is 0.318 e. The van der Waals surface area contributed by atoms with Crippen molar-refractivity contribution in [2.45, 2.75) is 51.9 Å². The van der Waals surface area contributed by atoms with Gasteiger partial charge in [-0.25, -0.2) is 4.79 Å². The van der Waals surface area contributed by atoms with Crippen LogP contribution in [0, 0.1) is 6.92 Å². The van der Waals surface area contributed by atoms with Crippen molar-refractivity contribution in [2.75, 3.05) is 0 Å². The third kappa shape index (κ3) is 3.69. The molecular weight excluding hydrogens is 280 g/mol. The average molecular weight is 302 g/mol. The zero-order valence-corrected chi connectivity index (χ0v) is 13.0. The second kappa shape index (κ2) is 6.25. The van der Waals surface area contributed by atoms with Crippen molar-refractivity contribution in [3.05, 3.63) is 42.1 Å². The van der Waals surface area contributed by atoms with E-state index in [0.717, 1.165) is 24.4 Å². The highest BCUT2D eigenvalue weighted by Crippen LogP contribution is 2.28. The van der Waals surface area contributed by atoms with Gasteiger partial charge in [0.2, 0.25) is 0 Å². The van der Waals surface area contributed by atoms with E-state index in [2.05, 4.69) is 10.4 Å². The highest BCUT2D eigenvalue weighted by Gasteiger charge is 2.33. The first-order chi connectivity index (χ1) is 10.6. The molecule has 1 saturated carbocycles. The molecular formula is C16H22N4O2. The second-order valence-corrected chi connectivity index (χ2v) is 5.95. The molecule has 6 nitrogen and oxygen atoms in total. The predicted octanol–water partition coefficient (Wildman–Crippen LogP) is 2.55. The molecule has 0 aromatic carbocycles. The number of hydrogen-bond donors (Lipinski definition) is 1. The van der Waals surface area contributed by atoms with Crippen molar-refractivity contribution in [3.8, 4) is 0 Å². The largest absolute Gasteiger partial charge is 0.464 e. The van der Waals surface area contributed by atoms with E-state index in [1.54, 1.807) is 6.20 Å². The molecule has 2 aromatic rings. The van der Waals surface area contributed by atoms with Crippen LogP contribution in [0.25, 0.3) is 0 Å². The van der Waals surface area contributed by atoms with Gasteiger partial charge in [-0.3, -0.25) is 4.68 Å². The Kier molecular flexibility index (Phi) is 4.18. The van der Waals surface area contributed by atoms with Crippen LogP contribution in [-0.2, 0) is 13.1 Å². The van der Waals surface area contributed by atoms with E-state index in [4.69, 9.17) is 4.42 Å². The number of furan rings is 1. The molecule has 0 spiro atoms. The Balaban J connectivity index is 1.57. The SMILES string of the molecule is Cc1ccc(CN(C(=O)NC(C)Cn2cccn2)C2CC2)o1. The Hall–Kier alpha value is -2.24. The summed E-state index contributed by atoms with van der Waals surface area (Å²) in [6.45, 7) is 5.09. The van der Waals surface area contributed by atoms with Gasteiger partial charge in [-0.15, -0.1) is 0 Å². The summed E-state index contributed by atoms with van der Waals surface area (Å²) in [6.07, 6.45) is 5.78. The fraction of sp³-hybridized carbons (Fsp3) is 0.500. The molecule has 118 valence electrons. The fourth-order valence-corrected chi connectivity index (χ4v) is 2.52. The molecule has 22 heavy (non-hydrogen) atoms. The van der Waals surface area contributed by atoms with Gasteiger partial charge >= 0.3 is 6.03 Å². The van der Waals surface area contributed by atoms with E-state index in [-0.39, 0.29) is 12.1 Å². The summed E-state index contributed by atoms with van der Waals surface area (Å²) in [5, 5.41) is 7.21. The Labute approximate surface area is 130 Å². The lowest BCUT2D eigenvalue weighted by atomic mass is 10.3. The van der Waals surface area contributed by atoms with Crippen LogP contribution >= 0.6 is 0 Å². The first kappa shape index (κ1) is 14.7. The molecule has 1 fully saturated rings.